The molecule has 1 atom stereocenters. The highest BCUT2D eigenvalue weighted by molar-refractivity contribution is 7.26. The minimum atomic E-state index is 0.137. The minimum Gasteiger partial charge on any atom is -0.264 e. The van der Waals surface area contributed by atoms with Gasteiger partial charge >= 0.3 is 0 Å². The highest BCUT2D eigenvalue weighted by Crippen LogP contribution is 2.44. The van der Waals surface area contributed by atoms with E-state index in [0.717, 1.165) is 5.71 Å². The second-order valence-electron chi connectivity index (χ2n) is 7.87. The van der Waals surface area contributed by atoms with Gasteiger partial charge in [0.1, 0.15) is 6.34 Å². The van der Waals surface area contributed by atoms with E-state index in [1.165, 1.54) is 58.1 Å². The molecule has 29 heavy (non-hydrogen) atoms. The number of aliphatic imine (C=N–C) groups is 2. The highest BCUT2D eigenvalue weighted by Gasteiger charge is 2.18. The van der Waals surface area contributed by atoms with Crippen LogP contribution in [0.2, 0.25) is 0 Å². The predicted octanol–water partition coefficient (Wildman–Crippen LogP) is 7.17. The van der Waals surface area contributed by atoms with E-state index >= 15 is 0 Å². The normalized spacial score (nSPS) is 16.9. The molecule has 0 N–H and O–H groups in total. The summed E-state index contributed by atoms with van der Waals surface area (Å²) in [5.74, 6) is 0. The number of fused-ring (bicyclic) bond motifs is 4. The number of benzene rings is 5. The average Bonchev–Trinajstić information content (AvgIpc) is 3.34. The molecule has 0 saturated heterocycles. The summed E-state index contributed by atoms with van der Waals surface area (Å²) in [5.41, 5.74) is 2.24. The maximum absolute atomic E-state index is 4.49. The van der Waals surface area contributed by atoms with Gasteiger partial charge in [0, 0.05) is 20.2 Å². The Bertz CT molecular complexity index is 1650. The lowest BCUT2D eigenvalue weighted by Gasteiger charge is -2.11. The summed E-state index contributed by atoms with van der Waals surface area (Å²) < 4.78 is 2.66. The maximum Gasteiger partial charge on any atom is 0.111 e. The van der Waals surface area contributed by atoms with Crippen LogP contribution in [0.1, 0.15) is 12.5 Å². The van der Waals surface area contributed by atoms with Crippen molar-refractivity contribution in [1.29, 1.82) is 0 Å². The molecule has 7 rings (SSSR count). The Morgan fingerprint density at radius 1 is 0.724 bits per heavy atom. The summed E-state index contributed by atoms with van der Waals surface area (Å²) in [6.07, 6.45) is 1.68. The Labute approximate surface area is 171 Å². The van der Waals surface area contributed by atoms with Crippen molar-refractivity contribution in [1.82, 2.24) is 0 Å². The van der Waals surface area contributed by atoms with E-state index in [-0.39, 0.29) is 6.04 Å². The topological polar surface area (TPSA) is 24.7 Å². The van der Waals surface area contributed by atoms with Crippen molar-refractivity contribution in [3.05, 3.63) is 72.3 Å². The molecular weight excluding hydrogens is 372 g/mol. The summed E-state index contributed by atoms with van der Waals surface area (Å²) in [5, 5.41) is 10.8. The Morgan fingerprint density at radius 3 is 2.34 bits per heavy atom. The molecule has 1 aromatic heterocycles. The van der Waals surface area contributed by atoms with Gasteiger partial charge in [0.15, 0.2) is 0 Å². The lowest BCUT2D eigenvalue weighted by molar-refractivity contribution is 1.00. The first-order valence-corrected chi connectivity index (χ1v) is 10.7. The Kier molecular flexibility index (Phi) is 2.90. The van der Waals surface area contributed by atoms with Crippen molar-refractivity contribution < 1.29 is 0 Å². The van der Waals surface area contributed by atoms with E-state index in [4.69, 9.17) is 0 Å². The summed E-state index contributed by atoms with van der Waals surface area (Å²) >= 11 is 1.88. The van der Waals surface area contributed by atoms with E-state index in [2.05, 4.69) is 83.6 Å². The van der Waals surface area contributed by atoms with Crippen molar-refractivity contribution >= 4 is 75.9 Å². The molecular formula is C26H16N2S. The van der Waals surface area contributed by atoms with E-state index in [1.54, 1.807) is 6.34 Å². The first-order chi connectivity index (χ1) is 14.3. The largest absolute Gasteiger partial charge is 0.264 e. The Morgan fingerprint density at radius 2 is 1.52 bits per heavy atom. The van der Waals surface area contributed by atoms with Crippen molar-refractivity contribution in [3.8, 4) is 0 Å². The quantitative estimate of drug-likeness (QED) is 0.267. The molecule has 1 aliphatic heterocycles. The number of hydrogen-bond acceptors (Lipinski definition) is 3. The first-order valence-electron chi connectivity index (χ1n) is 9.90. The maximum atomic E-state index is 4.49. The zero-order chi connectivity index (χ0) is 19.1. The van der Waals surface area contributed by atoms with Gasteiger partial charge in [0.2, 0.25) is 0 Å². The fourth-order valence-corrected chi connectivity index (χ4v) is 6.13. The highest BCUT2D eigenvalue weighted by atomic mass is 32.1. The summed E-state index contributed by atoms with van der Waals surface area (Å²) in [7, 11) is 0. The van der Waals surface area contributed by atoms with Gasteiger partial charge in [-0.2, -0.15) is 0 Å². The van der Waals surface area contributed by atoms with Gasteiger partial charge in [-0.1, -0.05) is 54.6 Å². The first kappa shape index (κ1) is 15.6. The van der Waals surface area contributed by atoms with Gasteiger partial charge in [0.05, 0.1) is 11.8 Å². The molecule has 0 saturated carbocycles. The van der Waals surface area contributed by atoms with Gasteiger partial charge in [-0.3, -0.25) is 4.99 Å². The van der Waals surface area contributed by atoms with Crippen molar-refractivity contribution in [2.45, 2.75) is 13.0 Å². The van der Waals surface area contributed by atoms with Crippen molar-refractivity contribution in [3.63, 3.8) is 0 Å². The van der Waals surface area contributed by atoms with E-state index in [9.17, 15) is 0 Å². The molecule has 1 unspecified atom stereocenters. The summed E-state index contributed by atoms with van der Waals surface area (Å²) in [6.45, 7) is 2.10. The number of thiophene rings is 1. The molecule has 0 amide bonds. The lowest BCUT2D eigenvalue weighted by atomic mass is 9.92. The molecule has 3 heteroatoms. The third-order valence-corrected chi connectivity index (χ3v) is 7.36. The molecule has 0 spiro atoms. The zero-order valence-corrected chi connectivity index (χ0v) is 16.6. The molecule has 0 bridgehead atoms. The summed E-state index contributed by atoms with van der Waals surface area (Å²) in [6, 6.07) is 25.0. The average molecular weight is 388 g/mol. The third kappa shape index (κ3) is 2.00. The molecule has 5 aromatic carbocycles. The van der Waals surface area contributed by atoms with Crippen LogP contribution in [0.4, 0.5) is 0 Å². The SMILES string of the molecule is CC1N=CN=C1c1ccc2c(c1)sc1cc3ccc4cccc5ccc(c12)c3c45. The number of nitrogens with zero attached hydrogens (tertiary/aromatic N) is 2. The van der Waals surface area contributed by atoms with Crippen LogP contribution in [0, 0.1) is 0 Å². The Hall–Kier alpha value is -3.30. The molecule has 136 valence electrons. The monoisotopic (exact) mass is 388 g/mol. The van der Waals surface area contributed by atoms with Gasteiger partial charge < -0.3 is 0 Å². The smallest absolute Gasteiger partial charge is 0.111 e. The molecule has 0 radical (unpaired) electrons. The van der Waals surface area contributed by atoms with Crippen LogP contribution in [0.25, 0.3) is 52.5 Å². The van der Waals surface area contributed by atoms with Crippen molar-refractivity contribution in [2.24, 2.45) is 9.98 Å². The summed E-state index contributed by atoms with van der Waals surface area (Å²) in [4.78, 5) is 8.87. The number of hydrogen-bond donors (Lipinski definition) is 0. The van der Waals surface area contributed by atoms with Crippen LogP contribution in [0.5, 0.6) is 0 Å². The molecule has 1 aliphatic rings. The van der Waals surface area contributed by atoms with Gasteiger partial charge in [-0.15, -0.1) is 11.3 Å². The molecule has 2 heterocycles. The number of rotatable bonds is 1. The predicted molar refractivity (Wildman–Crippen MR) is 128 cm³/mol. The van der Waals surface area contributed by atoms with Crippen LogP contribution in [0.3, 0.4) is 0 Å². The van der Waals surface area contributed by atoms with Crippen molar-refractivity contribution in [2.75, 3.05) is 0 Å². The molecule has 2 nitrogen and oxygen atoms in total. The van der Waals surface area contributed by atoms with Gasteiger partial charge in [-0.25, -0.2) is 4.99 Å². The standard InChI is InChI=1S/C26H16N2S/c1-14-26(28-13-27-14)18-8-9-19-21(12-18)29-22-11-17-6-5-15-3-2-4-16-7-10-20(25(19)22)24(17)23(15)16/h2-14H,1H3. The van der Waals surface area contributed by atoms with E-state index < -0.39 is 0 Å². The van der Waals surface area contributed by atoms with Crippen LogP contribution in [-0.4, -0.2) is 18.1 Å². The minimum absolute atomic E-state index is 0.137. The van der Waals surface area contributed by atoms with Crippen LogP contribution < -0.4 is 0 Å². The molecule has 0 aliphatic carbocycles. The third-order valence-electron chi connectivity index (χ3n) is 6.26. The van der Waals surface area contributed by atoms with E-state index in [0.29, 0.717) is 0 Å². The molecule has 0 fully saturated rings. The molecule has 6 aromatic rings. The fourth-order valence-electron chi connectivity index (χ4n) is 4.92. The zero-order valence-electron chi connectivity index (χ0n) is 15.8. The van der Waals surface area contributed by atoms with E-state index in [1.807, 2.05) is 11.3 Å². The van der Waals surface area contributed by atoms with Crippen LogP contribution in [0.15, 0.2) is 76.7 Å². The van der Waals surface area contributed by atoms with Gasteiger partial charge in [0.25, 0.3) is 0 Å². The van der Waals surface area contributed by atoms with Gasteiger partial charge in [-0.05, 0) is 56.9 Å². The van der Waals surface area contributed by atoms with Crippen LogP contribution >= 0.6 is 11.3 Å². The second kappa shape index (κ2) is 5.40. The Balaban J connectivity index is 1.62. The fraction of sp³-hybridized carbons (Fsp3) is 0.0769. The second-order valence-corrected chi connectivity index (χ2v) is 8.96. The van der Waals surface area contributed by atoms with Crippen LogP contribution in [-0.2, 0) is 0 Å². The lowest BCUT2D eigenvalue weighted by Crippen LogP contribution is -2.11.